The fourth-order valence-electron chi connectivity index (χ4n) is 2.70. The lowest BCUT2D eigenvalue weighted by Gasteiger charge is -2.09. The Balaban J connectivity index is 1.73. The number of carbonyl (C=O) groups excluding carboxylic acids is 3. The van der Waals surface area contributed by atoms with Crippen LogP contribution in [0.2, 0.25) is 0 Å². The second kappa shape index (κ2) is 9.03. The predicted molar refractivity (Wildman–Crippen MR) is 101 cm³/mol. The largest absolute Gasteiger partial charge is 0.490 e. The van der Waals surface area contributed by atoms with E-state index in [1.165, 1.54) is 12.1 Å². The molecular formula is C20H17NO9. The highest BCUT2D eigenvalue weighted by molar-refractivity contribution is 6.01. The van der Waals surface area contributed by atoms with Gasteiger partial charge in [-0.2, -0.15) is 0 Å². The van der Waals surface area contributed by atoms with Gasteiger partial charge >= 0.3 is 11.9 Å². The topological polar surface area (TPSA) is 131 Å². The number of nitro groups is 1. The summed E-state index contributed by atoms with van der Waals surface area (Å²) in [6.45, 7) is 0.359. The van der Waals surface area contributed by atoms with Crippen molar-refractivity contribution in [2.75, 3.05) is 26.9 Å². The van der Waals surface area contributed by atoms with Crippen LogP contribution in [0.5, 0.6) is 11.5 Å². The molecule has 0 amide bonds. The lowest BCUT2D eigenvalue weighted by atomic mass is 10.1. The van der Waals surface area contributed by atoms with E-state index in [1.807, 2.05) is 0 Å². The number of hydrogen-bond donors (Lipinski definition) is 0. The van der Waals surface area contributed by atoms with Crippen LogP contribution in [-0.2, 0) is 9.47 Å². The summed E-state index contributed by atoms with van der Waals surface area (Å²) in [6.07, 6.45) is 0.715. The van der Waals surface area contributed by atoms with Crippen molar-refractivity contribution in [3.05, 3.63) is 63.2 Å². The minimum Gasteiger partial charge on any atom is -0.490 e. The van der Waals surface area contributed by atoms with E-state index in [0.717, 1.165) is 25.3 Å². The molecule has 0 aliphatic carbocycles. The number of carbonyl (C=O) groups is 3. The average molecular weight is 415 g/mol. The fraction of sp³-hybridized carbons (Fsp3) is 0.250. The van der Waals surface area contributed by atoms with Crippen LogP contribution in [-0.4, -0.2) is 49.6 Å². The van der Waals surface area contributed by atoms with Crippen LogP contribution >= 0.6 is 0 Å². The first-order valence-corrected chi connectivity index (χ1v) is 8.87. The molecule has 0 spiro atoms. The maximum absolute atomic E-state index is 12.4. The van der Waals surface area contributed by atoms with Crippen molar-refractivity contribution in [3.63, 3.8) is 0 Å². The third-order valence-electron chi connectivity index (χ3n) is 4.19. The Bertz CT molecular complexity index is 1020. The number of nitrogens with zero attached hydrogens (tertiary/aromatic N) is 1. The number of methoxy groups -OCH3 is 1. The van der Waals surface area contributed by atoms with E-state index in [-0.39, 0.29) is 16.7 Å². The molecule has 1 aliphatic rings. The van der Waals surface area contributed by atoms with E-state index >= 15 is 0 Å². The molecule has 0 aromatic heterocycles. The Morgan fingerprint density at radius 3 is 2.30 bits per heavy atom. The molecule has 2 aromatic rings. The normalized spacial score (nSPS) is 12.4. The molecule has 0 radical (unpaired) electrons. The maximum atomic E-state index is 12.4. The average Bonchev–Trinajstić information content (AvgIpc) is 3.01. The fourth-order valence-corrected chi connectivity index (χ4v) is 2.70. The first-order chi connectivity index (χ1) is 14.4. The van der Waals surface area contributed by atoms with Gasteiger partial charge in [0.05, 0.1) is 36.4 Å². The highest BCUT2D eigenvalue weighted by Crippen LogP contribution is 2.30. The lowest BCUT2D eigenvalue weighted by Crippen LogP contribution is -2.15. The minimum absolute atomic E-state index is 0.187. The Morgan fingerprint density at radius 2 is 1.63 bits per heavy atom. The summed E-state index contributed by atoms with van der Waals surface area (Å²) in [5.41, 5.74) is -0.677. The molecule has 0 bridgehead atoms. The molecule has 3 rings (SSSR count). The second-order valence-corrected chi connectivity index (χ2v) is 6.23. The summed E-state index contributed by atoms with van der Waals surface area (Å²) in [6, 6.07) is 7.64. The zero-order valence-electron chi connectivity index (χ0n) is 15.9. The molecule has 0 atom stereocenters. The SMILES string of the molecule is COC(=O)c1cc(C(=O)OCC(=O)c2ccc3c(c2)OCCCO3)cc([N+](=O)[O-])c1. The van der Waals surface area contributed by atoms with E-state index in [2.05, 4.69) is 4.74 Å². The molecule has 1 heterocycles. The van der Waals surface area contributed by atoms with Crippen LogP contribution in [0.25, 0.3) is 0 Å². The van der Waals surface area contributed by atoms with Gasteiger partial charge in [-0.05, 0) is 24.3 Å². The zero-order chi connectivity index (χ0) is 21.7. The first kappa shape index (κ1) is 20.8. The van der Waals surface area contributed by atoms with Crippen molar-refractivity contribution in [3.8, 4) is 11.5 Å². The summed E-state index contributed by atoms with van der Waals surface area (Å²) in [7, 11) is 1.10. The number of rotatable bonds is 6. The molecule has 10 nitrogen and oxygen atoms in total. The van der Waals surface area contributed by atoms with Crippen LogP contribution in [0, 0.1) is 10.1 Å². The number of Topliss-reactive ketones (excluding diaryl/α,β-unsaturated/α-hetero) is 1. The van der Waals surface area contributed by atoms with Gasteiger partial charge in [0.1, 0.15) is 0 Å². The highest BCUT2D eigenvalue weighted by atomic mass is 16.6. The van der Waals surface area contributed by atoms with Crippen molar-refractivity contribution < 1.29 is 38.3 Å². The monoisotopic (exact) mass is 415 g/mol. The summed E-state index contributed by atoms with van der Waals surface area (Å²) in [5, 5.41) is 11.1. The third-order valence-corrected chi connectivity index (χ3v) is 4.19. The standard InChI is InChI=1S/C20H17NO9/c1-27-19(23)13-7-14(9-15(8-13)21(25)26)20(24)30-11-16(22)12-3-4-17-18(10-12)29-6-2-5-28-17/h3-4,7-10H,2,5-6,11H2,1H3. The molecule has 10 heteroatoms. The van der Waals surface area contributed by atoms with Crippen molar-refractivity contribution >= 4 is 23.4 Å². The molecular weight excluding hydrogens is 398 g/mol. The van der Waals surface area contributed by atoms with E-state index < -0.39 is 34.9 Å². The van der Waals surface area contributed by atoms with Crippen LogP contribution in [0.4, 0.5) is 5.69 Å². The summed E-state index contributed by atoms with van der Waals surface area (Å²) in [5.74, 6) is -1.40. The molecule has 1 aliphatic heterocycles. The predicted octanol–water partition coefficient (Wildman–Crippen LogP) is 2.58. The molecule has 0 unspecified atom stereocenters. The number of non-ortho nitro benzene ring substituents is 1. The van der Waals surface area contributed by atoms with Crippen molar-refractivity contribution in [1.82, 2.24) is 0 Å². The Hall–Kier alpha value is -3.95. The van der Waals surface area contributed by atoms with E-state index in [9.17, 15) is 24.5 Å². The number of fused-ring (bicyclic) bond motifs is 1. The van der Waals surface area contributed by atoms with Crippen LogP contribution in [0.3, 0.4) is 0 Å². The van der Waals surface area contributed by atoms with Gasteiger partial charge in [0.25, 0.3) is 5.69 Å². The lowest BCUT2D eigenvalue weighted by molar-refractivity contribution is -0.384. The molecule has 0 N–H and O–H groups in total. The summed E-state index contributed by atoms with van der Waals surface area (Å²) < 4.78 is 20.5. The number of ether oxygens (including phenoxy) is 4. The van der Waals surface area contributed by atoms with Crippen LogP contribution < -0.4 is 9.47 Å². The van der Waals surface area contributed by atoms with Gasteiger partial charge in [-0.25, -0.2) is 9.59 Å². The molecule has 0 saturated carbocycles. The Morgan fingerprint density at radius 1 is 0.967 bits per heavy atom. The van der Waals surface area contributed by atoms with Gasteiger partial charge in [-0.1, -0.05) is 0 Å². The van der Waals surface area contributed by atoms with E-state index in [0.29, 0.717) is 31.1 Å². The quantitative estimate of drug-likeness (QED) is 0.302. The van der Waals surface area contributed by atoms with Crippen molar-refractivity contribution in [2.45, 2.75) is 6.42 Å². The summed E-state index contributed by atoms with van der Waals surface area (Å²) >= 11 is 0. The van der Waals surface area contributed by atoms with Gasteiger partial charge in [-0.15, -0.1) is 0 Å². The molecule has 0 saturated heterocycles. The van der Waals surface area contributed by atoms with Gasteiger partial charge < -0.3 is 18.9 Å². The molecule has 0 fully saturated rings. The first-order valence-electron chi connectivity index (χ1n) is 8.87. The smallest absolute Gasteiger partial charge is 0.338 e. The number of nitro benzene ring substituents is 1. The van der Waals surface area contributed by atoms with Gasteiger partial charge in [-0.3, -0.25) is 14.9 Å². The highest BCUT2D eigenvalue weighted by Gasteiger charge is 2.21. The van der Waals surface area contributed by atoms with Gasteiger partial charge in [0.2, 0.25) is 0 Å². The van der Waals surface area contributed by atoms with Crippen LogP contribution in [0.1, 0.15) is 37.5 Å². The Labute approximate surface area is 170 Å². The van der Waals surface area contributed by atoms with Gasteiger partial charge in [0.15, 0.2) is 23.9 Å². The molecule has 30 heavy (non-hydrogen) atoms. The number of ketones is 1. The summed E-state index contributed by atoms with van der Waals surface area (Å²) in [4.78, 5) is 46.7. The number of hydrogen-bond acceptors (Lipinski definition) is 9. The maximum Gasteiger partial charge on any atom is 0.338 e. The van der Waals surface area contributed by atoms with E-state index in [4.69, 9.17) is 14.2 Å². The Kier molecular flexibility index (Phi) is 6.26. The second-order valence-electron chi connectivity index (χ2n) is 6.23. The van der Waals surface area contributed by atoms with Crippen molar-refractivity contribution in [2.24, 2.45) is 0 Å². The third kappa shape index (κ3) is 4.72. The van der Waals surface area contributed by atoms with Crippen LogP contribution in [0.15, 0.2) is 36.4 Å². The molecule has 2 aromatic carbocycles. The number of benzene rings is 2. The minimum atomic E-state index is -0.994. The molecule has 156 valence electrons. The number of esters is 2. The zero-order valence-corrected chi connectivity index (χ0v) is 15.9. The van der Waals surface area contributed by atoms with Crippen molar-refractivity contribution in [1.29, 1.82) is 0 Å². The van der Waals surface area contributed by atoms with E-state index in [1.54, 1.807) is 6.07 Å². The van der Waals surface area contributed by atoms with Gasteiger partial charge in [0, 0.05) is 24.1 Å².